The zero-order valence-electron chi connectivity index (χ0n) is 17.6. The fraction of sp³-hybridized carbons (Fsp3) is 0.421. The van der Waals surface area contributed by atoms with Crippen molar-refractivity contribution in [3.05, 3.63) is 35.8 Å². The van der Waals surface area contributed by atoms with Crippen LogP contribution in [0, 0.1) is 6.92 Å². The van der Waals surface area contributed by atoms with Gasteiger partial charge in [-0.25, -0.2) is 9.97 Å². The summed E-state index contributed by atoms with van der Waals surface area (Å²) in [5, 5.41) is 14.9. The number of nitrogens with zero attached hydrogens (tertiary/aromatic N) is 7. The van der Waals surface area contributed by atoms with Gasteiger partial charge in [-0.05, 0) is 40.1 Å². The van der Waals surface area contributed by atoms with Crippen molar-refractivity contribution < 1.29 is 4.79 Å². The third-order valence-electron chi connectivity index (χ3n) is 4.40. The highest BCUT2D eigenvalue weighted by molar-refractivity contribution is 5.93. The number of hydrogen-bond donors (Lipinski definition) is 2. The van der Waals surface area contributed by atoms with E-state index in [0.29, 0.717) is 28.8 Å². The molecular weight excluding hydrogens is 370 g/mol. The molecule has 3 rings (SSSR count). The third-order valence-corrected chi connectivity index (χ3v) is 4.40. The maximum Gasteiger partial charge on any atom is 0.269 e. The first-order chi connectivity index (χ1) is 13.7. The van der Waals surface area contributed by atoms with Crippen LogP contribution in [0.25, 0.3) is 11.4 Å². The summed E-state index contributed by atoms with van der Waals surface area (Å²) in [5.74, 6) is 0.909. The first-order valence-electron chi connectivity index (χ1n) is 9.33. The molecule has 154 valence electrons. The highest BCUT2D eigenvalue weighted by Crippen LogP contribution is 2.19. The molecule has 0 aliphatic heterocycles. The van der Waals surface area contributed by atoms with Crippen LogP contribution < -0.4 is 10.6 Å². The fourth-order valence-corrected chi connectivity index (χ4v) is 2.99. The summed E-state index contributed by atoms with van der Waals surface area (Å²) in [6.07, 6.45) is 1.65. The van der Waals surface area contributed by atoms with Crippen molar-refractivity contribution in [2.45, 2.75) is 19.9 Å². The minimum atomic E-state index is -0.169. The molecule has 0 saturated carbocycles. The number of aryl methyl sites for hydroxylation is 3. The Labute approximate surface area is 170 Å². The zero-order valence-corrected chi connectivity index (χ0v) is 17.6. The van der Waals surface area contributed by atoms with Crippen molar-refractivity contribution in [2.75, 3.05) is 26.0 Å². The van der Waals surface area contributed by atoms with E-state index in [1.165, 1.54) is 0 Å². The van der Waals surface area contributed by atoms with E-state index < -0.39 is 0 Å². The maximum atomic E-state index is 12.6. The molecule has 3 aromatic rings. The van der Waals surface area contributed by atoms with Gasteiger partial charge in [0.05, 0.1) is 5.69 Å². The van der Waals surface area contributed by atoms with Crippen molar-refractivity contribution in [2.24, 2.45) is 14.1 Å². The number of aromatic nitrogens is 6. The van der Waals surface area contributed by atoms with Gasteiger partial charge in [-0.1, -0.05) is 0 Å². The monoisotopic (exact) mass is 397 g/mol. The average molecular weight is 397 g/mol. The van der Waals surface area contributed by atoms with Crippen LogP contribution in [0.2, 0.25) is 0 Å². The van der Waals surface area contributed by atoms with Gasteiger partial charge in [0.1, 0.15) is 11.4 Å². The summed E-state index contributed by atoms with van der Waals surface area (Å²) in [4.78, 5) is 23.4. The molecule has 0 aliphatic rings. The van der Waals surface area contributed by atoms with Gasteiger partial charge in [-0.3, -0.25) is 14.2 Å². The van der Waals surface area contributed by atoms with Crippen LogP contribution in [0.1, 0.15) is 23.1 Å². The van der Waals surface area contributed by atoms with Gasteiger partial charge in [0.2, 0.25) is 5.95 Å². The van der Waals surface area contributed by atoms with Crippen LogP contribution in [0.3, 0.4) is 0 Å². The molecule has 29 heavy (non-hydrogen) atoms. The fourth-order valence-electron chi connectivity index (χ4n) is 2.99. The number of hydrogen-bond acceptors (Lipinski definition) is 7. The second-order valence-electron chi connectivity index (χ2n) is 7.36. The lowest BCUT2D eigenvalue weighted by Crippen LogP contribution is -2.40. The highest BCUT2D eigenvalue weighted by Gasteiger charge is 2.17. The molecule has 1 amide bonds. The predicted molar refractivity (Wildman–Crippen MR) is 111 cm³/mol. The Morgan fingerprint density at radius 2 is 1.93 bits per heavy atom. The molecule has 0 aromatic carbocycles. The summed E-state index contributed by atoms with van der Waals surface area (Å²) in [5.41, 5.74) is 2.71. The van der Waals surface area contributed by atoms with E-state index in [4.69, 9.17) is 0 Å². The van der Waals surface area contributed by atoms with E-state index in [-0.39, 0.29) is 11.9 Å². The van der Waals surface area contributed by atoms with E-state index in [9.17, 15) is 4.79 Å². The molecule has 3 aromatic heterocycles. The quantitative estimate of drug-likeness (QED) is 0.620. The molecule has 0 radical (unpaired) electrons. The number of amides is 1. The van der Waals surface area contributed by atoms with Crippen molar-refractivity contribution in [1.82, 2.24) is 39.7 Å². The number of carbonyl (C=O) groups is 1. The molecule has 2 N–H and O–H groups in total. The summed E-state index contributed by atoms with van der Waals surface area (Å²) in [6, 6.07) is 5.42. The maximum absolute atomic E-state index is 12.6. The summed E-state index contributed by atoms with van der Waals surface area (Å²) in [7, 11) is 7.55. The van der Waals surface area contributed by atoms with Crippen molar-refractivity contribution in [3.8, 4) is 11.4 Å². The predicted octanol–water partition coefficient (Wildman–Crippen LogP) is 1.34. The van der Waals surface area contributed by atoms with E-state index in [2.05, 4.69) is 30.8 Å². The smallest absolute Gasteiger partial charge is 0.269 e. The normalized spacial score (nSPS) is 12.2. The molecule has 0 aliphatic carbocycles. The Bertz CT molecular complexity index is 986. The second kappa shape index (κ2) is 8.39. The van der Waals surface area contributed by atoms with Crippen molar-refractivity contribution in [3.63, 3.8) is 0 Å². The lowest BCUT2D eigenvalue weighted by atomic mass is 10.2. The van der Waals surface area contributed by atoms with E-state index in [1.807, 2.05) is 46.0 Å². The Kier molecular flexibility index (Phi) is 5.92. The minimum absolute atomic E-state index is 0.0209. The molecule has 10 nitrogen and oxygen atoms in total. The number of nitrogens with one attached hydrogen (secondary N) is 2. The number of rotatable bonds is 7. The molecule has 0 bridgehead atoms. The first-order valence-corrected chi connectivity index (χ1v) is 9.33. The van der Waals surface area contributed by atoms with Gasteiger partial charge in [0.25, 0.3) is 5.91 Å². The Balaban J connectivity index is 1.77. The van der Waals surface area contributed by atoms with Crippen LogP contribution in [-0.4, -0.2) is 67.0 Å². The van der Waals surface area contributed by atoms with E-state index in [1.54, 1.807) is 34.7 Å². The Morgan fingerprint density at radius 1 is 1.17 bits per heavy atom. The Hall–Kier alpha value is -3.27. The molecule has 0 fully saturated rings. The second-order valence-corrected chi connectivity index (χ2v) is 7.36. The largest absolute Gasteiger partial charge is 0.347 e. The molecular formula is C19H27N9O. The summed E-state index contributed by atoms with van der Waals surface area (Å²) in [6.45, 7) is 4.69. The minimum Gasteiger partial charge on any atom is -0.347 e. The standard InChI is InChI=1S/C19H27N9O/c1-12(11-26(3)4)21-18(29)16-10-15(24-28(16)6)14-7-8-20-19(22-14)23-17-9-13(2)27(5)25-17/h7-10,12H,11H2,1-6H3,(H,21,29)(H,20,22,23,25). The lowest BCUT2D eigenvalue weighted by molar-refractivity contribution is 0.0925. The van der Waals surface area contributed by atoms with Crippen LogP contribution in [0.5, 0.6) is 0 Å². The van der Waals surface area contributed by atoms with E-state index >= 15 is 0 Å². The van der Waals surface area contributed by atoms with Gasteiger partial charge in [0.15, 0.2) is 5.82 Å². The van der Waals surface area contributed by atoms with Gasteiger partial charge in [-0.15, -0.1) is 0 Å². The molecule has 0 spiro atoms. The Morgan fingerprint density at radius 3 is 2.59 bits per heavy atom. The number of carbonyl (C=O) groups excluding carboxylic acids is 1. The van der Waals surface area contributed by atoms with E-state index in [0.717, 1.165) is 12.2 Å². The van der Waals surface area contributed by atoms with Crippen LogP contribution in [0.4, 0.5) is 11.8 Å². The number of anilines is 2. The van der Waals surface area contributed by atoms with Gasteiger partial charge >= 0.3 is 0 Å². The van der Waals surface area contributed by atoms with Crippen molar-refractivity contribution >= 4 is 17.7 Å². The molecule has 10 heteroatoms. The highest BCUT2D eigenvalue weighted by atomic mass is 16.2. The first kappa shape index (κ1) is 20.5. The SMILES string of the molecule is Cc1cc(Nc2nccc(-c3cc(C(=O)NC(C)CN(C)C)n(C)n3)n2)nn1C. The van der Waals surface area contributed by atoms with Gasteiger partial charge in [-0.2, -0.15) is 10.2 Å². The zero-order chi connectivity index (χ0) is 21.1. The lowest BCUT2D eigenvalue weighted by Gasteiger charge is -2.18. The molecule has 1 atom stereocenters. The molecule has 0 saturated heterocycles. The van der Waals surface area contributed by atoms with Crippen LogP contribution in [0.15, 0.2) is 24.4 Å². The molecule has 3 heterocycles. The van der Waals surface area contributed by atoms with Crippen LogP contribution in [-0.2, 0) is 14.1 Å². The summed E-state index contributed by atoms with van der Waals surface area (Å²) < 4.78 is 3.33. The third kappa shape index (κ3) is 4.96. The van der Waals surface area contributed by atoms with Gasteiger partial charge in [0, 0.05) is 44.6 Å². The van der Waals surface area contributed by atoms with Crippen LogP contribution >= 0.6 is 0 Å². The topological polar surface area (TPSA) is 106 Å². The molecule has 1 unspecified atom stereocenters. The van der Waals surface area contributed by atoms with Crippen molar-refractivity contribution in [1.29, 1.82) is 0 Å². The summed E-state index contributed by atoms with van der Waals surface area (Å²) >= 11 is 0. The average Bonchev–Trinajstić information content (AvgIpc) is 3.16. The van der Waals surface area contributed by atoms with Gasteiger partial charge < -0.3 is 15.5 Å². The number of likely N-dealkylation sites (N-methyl/N-ethyl adjacent to an activating group) is 1.